The van der Waals surface area contributed by atoms with E-state index < -0.39 is 0 Å². The first-order chi connectivity index (χ1) is 11.1. The summed E-state index contributed by atoms with van der Waals surface area (Å²) in [5, 5.41) is 2.99. The van der Waals surface area contributed by atoms with Crippen molar-refractivity contribution in [2.75, 3.05) is 13.7 Å². The lowest BCUT2D eigenvalue weighted by Crippen LogP contribution is -2.25. The van der Waals surface area contributed by atoms with E-state index in [9.17, 15) is 4.79 Å². The van der Waals surface area contributed by atoms with Crippen molar-refractivity contribution in [1.29, 1.82) is 0 Å². The van der Waals surface area contributed by atoms with Crippen LogP contribution in [0.25, 0.3) is 0 Å². The van der Waals surface area contributed by atoms with Crippen molar-refractivity contribution in [2.24, 2.45) is 0 Å². The molecule has 122 valence electrons. The van der Waals surface area contributed by atoms with Crippen LogP contribution in [0, 0.1) is 13.8 Å². The van der Waals surface area contributed by atoms with Gasteiger partial charge in [0.25, 0.3) is 0 Å². The fourth-order valence-electron chi connectivity index (χ4n) is 2.60. The second-order valence-electron chi connectivity index (χ2n) is 5.88. The molecule has 1 N–H and O–H groups in total. The molecule has 2 rings (SSSR count). The Morgan fingerprint density at radius 1 is 1.04 bits per heavy atom. The highest BCUT2D eigenvalue weighted by Gasteiger charge is 2.04. The third-order valence-electron chi connectivity index (χ3n) is 4.01. The van der Waals surface area contributed by atoms with Crippen molar-refractivity contribution < 1.29 is 9.53 Å². The number of rotatable bonds is 7. The minimum atomic E-state index is 0.110. The van der Waals surface area contributed by atoms with Gasteiger partial charge in [-0.3, -0.25) is 4.79 Å². The summed E-state index contributed by atoms with van der Waals surface area (Å²) in [6, 6.07) is 14.3. The summed E-state index contributed by atoms with van der Waals surface area (Å²) < 4.78 is 5.13. The molecule has 0 spiro atoms. The molecular formula is C20H25NO2. The van der Waals surface area contributed by atoms with Crippen LogP contribution < -0.4 is 10.1 Å². The molecule has 2 aromatic carbocycles. The van der Waals surface area contributed by atoms with E-state index in [1.807, 2.05) is 24.3 Å². The van der Waals surface area contributed by atoms with Crippen molar-refractivity contribution in [3.63, 3.8) is 0 Å². The highest BCUT2D eigenvalue weighted by atomic mass is 16.5. The van der Waals surface area contributed by atoms with Crippen LogP contribution in [0.3, 0.4) is 0 Å². The Kier molecular flexibility index (Phi) is 6.21. The molecule has 0 aliphatic carbocycles. The number of amides is 1. The molecule has 0 saturated carbocycles. The zero-order valence-corrected chi connectivity index (χ0v) is 14.2. The SMILES string of the molecule is COc1ccc(CCNC(=O)CCc2ccc(C)cc2C)cc1. The van der Waals surface area contributed by atoms with E-state index in [1.165, 1.54) is 22.3 Å². The molecule has 0 saturated heterocycles. The molecule has 1 amide bonds. The predicted octanol–water partition coefficient (Wildman–Crippen LogP) is 3.60. The number of carbonyl (C=O) groups excluding carboxylic acids is 1. The molecular weight excluding hydrogens is 286 g/mol. The lowest BCUT2D eigenvalue weighted by atomic mass is 10.0. The van der Waals surface area contributed by atoms with E-state index in [1.54, 1.807) is 7.11 Å². The van der Waals surface area contributed by atoms with Gasteiger partial charge in [0.05, 0.1) is 7.11 Å². The summed E-state index contributed by atoms with van der Waals surface area (Å²) >= 11 is 0. The Hall–Kier alpha value is -2.29. The van der Waals surface area contributed by atoms with Crippen molar-refractivity contribution in [3.05, 3.63) is 64.7 Å². The lowest BCUT2D eigenvalue weighted by molar-refractivity contribution is -0.121. The van der Waals surface area contributed by atoms with Crippen molar-refractivity contribution in [3.8, 4) is 5.75 Å². The lowest BCUT2D eigenvalue weighted by Gasteiger charge is -2.08. The third-order valence-corrected chi connectivity index (χ3v) is 4.01. The van der Waals surface area contributed by atoms with Gasteiger partial charge in [-0.1, -0.05) is 35.9 Å². The largest absolute Gasteiger partial charge is 0.497 e. The Balaban J connectivity index is 1.72. The van der Waals surface area contributed by atoms with Gasteiger partial charge >= 0.3 is 0 Å². The van der Waals surface area contributed by atoms with Crippen molar-refractivity contribution >= 4 is 5.91 Å². The molecule has 0 fully saturated rings. The third kappa shape index (κ3) is 5.44. The van der Waals surface area contributed by atoms with Gasteiger partial charge in [-0.15, -0.1) is 0 Å². The van der Waals surface area contributed by atoms with E-state index in [-0.39, 0.29) is 5.91 Å². The molecule has 0 aliphatic heterocycles. The zero-order chi connectivity index (χ0) is 16.7. The van der Waals surface area contributed by atoms with Crippen LogP contribution in [0.5, 0.6) is 5.75 Å². The summed E-state index contributed by atoms with van der Waals surface area (Å²) in [5.41, 5.74) is 4.97. The minimum Gasteiger partial charge on any atom is -0.497 e. The van der Waals surface area contributed by atoms with E-state index >= 15 is 0 Å². The van der Waals surface area contributed by atoms with E-state index in [2.05, 4.69) is 37.4 Å². The molecule has 0 aromatic heterocycles. The summed E-state index contributed by atoms with van der Waals surface area (Å²) in [5.74, 6) is 0.963. The quantitative estimate of drug-likeness (QED) is 0.848. The molecule has 0 unspecified atom stereocenters. The maximum atomic E-state index is 12.0. The molecule has 0 atom stereocenters. The fourth-order valence-corrected chi connectivity index (χ4v) is 2.60. The van der Waals surface area contributed by atoms with Gasteiger partial charge in [0.15, 0.2) is 0 Å². The maximum absolute atomic E-state index is 12.0. The summed E-state index contributed by atoms with van der Waals surface area (Å²) in [6.07, 6.45) is 2.16. The minimum absolute atomic E-state index is 0.110. The summed E-state index contributed by atoms with van der Waals surface area (Å²) in [6.45, 7) is 4.85. The number of methoxy groups -OCH3 is 1. The number of hydrogen-bond donors (Lipinski definition) is 1. The van der Waals surface area contributed by atoms with Crippen LogP contribution in [0.4, 0.5) is 0 Å². The number of carbonyl (C=O) groups is 1. The van der Waals surface area contributed by atoms with Gasteiger partial charge in [-0.2, -0.15) is 0 Å². The van der Waals surface area contributed by atoms with Gasteiger partial charge in [-0.05, 0) is 55.5 Å². The average Bonchev–Trinajstić information content (AvgIpc) is 2.54. The second-order valence-corrected chi connectivity index (χ2v) is 5.88. The van der Waals surface area contributed by atoms with Crippen LogP contribution >= 0.6 is 0 Å². The molecule has 23 heavy (non-hydrogen) atoms. The Bertz CT molecular complexity index is 647. The fraction of sp³-hybridized carbons (Fsp3) is 0.350. The van der Waals surface area contributed by atoms with E-state index in [4.69, 9.17) is 4.74 Å². The maximum Gasteiger partial charge on any atom is 0.220 e. The number of nitrogens with one attached hydrogen (secondary N) is 1. The number of benzene rings is 2. The van der Waals surface area contributed by atoms with Crippen molar-refractivity contribution in [2.45, 2.75) is 33.1 Å². The molecule has 0 radical (unpaired) electrons. The summed E-state index contributed by atoms with van der Waals surface area (Å²) in [7, 11) is 1.66. The van der Waals surface area contributed by atoms with Crippen LogP contribution in [0.2, 0.25) is 0 Å². The topological polar surface area (TPSA) is 38.3 Å². The van der Waals surface area contributed by atoms with E-state index in [0.29, 0.717) is 13.0 Å². The number of ether oxygens (including phenoxy) is 1. The van der Waals surface area contributed by atoms with Crippen LogP contribution in [-0.4, -0.2) is 19.6 Å². The molecule has 3 nitrogen and oxygen atoms in total. The summed E-state index contributed by atoms with van der Waals surface area (Å²) in [4.78, 5) is 12.0. The van der Waals surface area contributed by atoms with Crippen molar-refractivity contribution in [1.82, 2.24) is 5.32 Å². The zero-order valence-electron chi connectivity index (χ0n) is 14.2. The predicted molar refractivity (Wildman–Crippen MR) is 93.9 cm³/mol. The second kappa shape index (κ2) is 8.37. The first-order valence-corrected chi connectivity index (χ1v) is 8.04. The Morgan fingerprint density at radius 2 is 1.78 bits per heavy atom. The first-order valence-electron chi connectivity index (χ1n) is 8.04. The van der Waals surface area contributed by atoms with Gasteiger partial charge in [0.1, 0.15) is 5.75 Å². The molecule has 0 bridgehead atoms. The highest BCUT2D eigenvalue weighted by Crippen LogP contribution is 2.13. The monoisotopic (exact) mass is 311 g/mol. The molecule has 0 heterocycles. The van der Waals surface area contributed by atoms with Crippen LogP contribution in [-0.2, 0) is 17.6 Å². The molecule has 0 aliphatic rings. The Morgan fingerprint density at radius 3 is 2.43 bits per heavy atom. The first kappa shape index (κ1) is 17.1. The molecule has 3 heteroatoms. The van der Waals surface area contributed by atoms with Gasteiger partial charge in [-0.25, -0.2) is 0 Å². The molecule has 2 aromatic rings. The average molecular weight is 311 g/mol. The standard InChI is InChI=1S/C20H25NO2/c1-15-4-7-18(16(2)14-15)8-11-20(22)21-13-12-17-5-9-19(23-3)10-6-17/h4-7,9-10,14H,8,11-13H2,1-3H3,(H,21,22). The van der Waals surface area contributed by atoms with Gasteiger partial charge in [0, 0.05) is 13.0 Å². The highest BCUT2D eigenvalue weighted by molar-refractivity contribution is 5.76. The van der Waals surface area contributed by atoms with Gasteiger partial charge in [0.2, 0.25) is 5.91 Å². The smallest absolute Gasteiger partial charge is 0.220 e. The normalized spacial score (nSPS) is 10.4. The number of hydrogen-bond acceptors (Lipinski definition) is 2. The van der Waals surface area contributed by atoms with Gasteiger partial charge < -0.3 is 10.1 Å². The number of aryl methyl sites for hydroxylation is 3. The van der Waals surface area contributed by atoms with E-state index in [0.717, 1.165) is 18.6 Å². The van der Waals surface area contributed by atoms with Crippen LogP contribution in [0.15, 0.2) is 42.5 Å². The Labute approximate surface area is 138 Å². The van der Waals surface area contributed by atoms with Crippen LogP contribution in [0.1, 0.15) is 28.7 Å².